The van der Waals surface area contributed by atoms with E-state index in [1.807, 2.05) is 36.2 Å². The average molecular weight is 364 g/mol. The number of carbonyl (C=O) groups is 1. The maximum atomic E-state index is 11.5. The van der Waals surface area contributed by atoms with Crippen LogP contribution in [0.2, 0.25) is 0 Å². The standard InChI is InChI=1S/C23H28N2O2/c1-3-25(2)21(24)9-5-7-17-6-4-8-19(16-17)18-10-12-20(13-11-18)23(14-15-23)22(26)27/h4,6,8,10-13,16,24H,3,5,7,9,14-15H2,1-2H3,(H,26,27). The van der Waals surface area contributed by atoms with Crippen molar-refractivity contribution in [1.82, 2.24) is 4.90 Å². The fraction of sp³-hybridized carbons (Fsp3) is 0.391. The van der Waals surface area contributed by atoms with E-state index in [1.165, 1.54) is 5.56 Å². The molecule has 0 heterocycles. The van der Waals surface area contributed by atoms with Crippen LogP contribution in [0.4, 0.5) is 0 Å². The first-order valence-electron chi connectivity index (χ1n) is 9.68. The third kappa shape index (κ3) is 4.21. The summed E-state index contributed by atoms with van der Waals surface area (Å²) in [6, 6.07) is 16.5. The molecule has 1 aliphatic rings. The highest BCUT2D eigenvalue weighted by atomic mass is 16.4. The van der Waals surface area contributed by atoms with Crippen LogP contribution in [-0.2, 0) is 16.6 Å². The molecule has 2 aromatic carbocycles. The molecule has 142 valence electrons. The van der Waals surface area contributed by atoms with Gasteiger partial charge in [0.1, 0.15) is 0 Å². The van der Waals surface area contributed by atoms with Crippen molar-refractivity contribution in [1.29, 1.82) is 5.41 Å². The summed E-state index contributed by atoms with van der Waals surface area (Å²) < 4.78 is 0. The zero-order chi connectivity index (χ0) is 19.4. The third-order valence-corrected chi connectivity index (χ3v) is 5.67. The van der Waals surface area contributed by atoms with Crippen molar-refractivity contribution in [3.8, 4) is 11.1 Å². The Morgan fingerprint density at radius 3 is 2.44 bits per heavy atom. The van der Waals surface area contributed by atoms with Gasteiger partial charge in [0.05, 0.1) is 11.3 Å². The zero-order valence-electron chi connectivity index (χ0n) is 16.2. The van der Waals surface area contributed by atoms with Crippen molar-refractivity contribution in [2.75, 3.05) is 13.6 Å². The van der Waals surface area contributed by atoms with E-state index in [9.17, 15) is 9.90 Å². The smallest absolute Gasteiger partial charge is 0.314 e. The normalized spacial score (nSPS) is 14.6. The molecule has 0 aliphatic heterocycles. The van der Waals surface area contributed by atoms with Crippen molar-refractivity contribution in [3.05, 3.63) is 59.7 Å². The van der Waals surface area contributed by atoms with E-state index in [0.29, 0.717) is 5.84 Å². The van der Waals surface area contributed by atoms with E-state index >= 15 is 0 Å². The van der Waals surface area contributed by atoms with E-state index in [0.717, 1.165) is 55.3 Å². The Bertz CT molecular complexity index is 823. The van der Waals surface area contributed by atoms with Gasteiger partial charge in [-0.25, -0.2) is 0 Å². The molecule has 2 N–H and O–H groups in total. The van der Waals surface area contributed by atoms with Crippen molar-refractivity contribution in [3.63, 3.8) is 0 Å². The molecular weight excluding hydrogens is 336 g/mol. The van der Waals surface area contributed by atoms with E-state index in [2.05, 4.69) is 31.2 Å². The average Bonchev–Trinajstić information content (AvgIpc) is 3.50. The number of carboxylic acid groups (broad SMARTS) is 1. The summed E-state index contributed by atoms with van der Waals surface area (Å²) >= 11 is 0. The molecule has 0 radical (unpaired) electrons. The Morgan fingerprint density at radius 2 is 1.85 bits per heavy atom. The Labute approximate surface area is 161 Å². The molecule has 0 bridgehead atoms. The molecular formula is C23H28N2O2. The van der Waals surface area contributed by atoms with Gasteiger partial charge in [0.15, 0.2) is 0 Å². The highest BCUT2D eigenvalue weighted by Crippen LogP contribution is 2.48. The highest BCUT2D eigenvalue weighted by molar-refractivity contribution is 5.85. The molecule has 1 aliphatic carbocycles. The molecule has 4 heteroatoms. The maximum absolute atomic E-state index is 11.5. The summed E-state index contributed by atoms with van der Waals surface area (Å²) in [7, 11) is 1.96. The van der Waals surface area contributed by atoms with Crippen molar-refractivity contribution < 1.29 is 9.90 Å². The maximum Gasteiger partial charge on any atom is 0.314 e. The lowest BCUT2D eigenvalue weighted by Crippen LogP contribution is -2.25. The molecule has 0 spiro atoms. The van der Waals surface area contributed by atoms with Crippen LogP contribution < -0.4 is 0 Å². The van der Waals surface area contributed by atoms with Crippen LogP contribution >= 0.6 is 0 Å². The van der Waals surface area contributed by atoms with Gasteiger partial charge in [-0.2, -0.15) is 0 Å². The van der Waals surface area contributed by atoms with Gasteiger partial charge >= 0.3 is 5.97 Å². The van der Waals surface area contributed by atoms with E-state index in [-0.39, 0.29) is 0 Å². The molecule has 0 atom stereocenters. The number of aryl methyl sites for hydroxylation is 1. The largest absolute Gasteiger partial charge is 0.481 e. The number of hydrogen-bond acceptors (Lipinski definition) is 2. The predicted molar refractivity (Wildman–Crippen MR) is 109 cm³/mol. The van der Waals surface area contributed by atoms with Gasteiger partial charge < -0.3 is 10.0 Å². The van der Waals surface area contributed by atoms with Crippen LogP contribution in [0.1, 0.15) is 43.7 Å². The molecule has 0 unspecified atom stereocenters. The predicted octanol–water partition coefficient (Wildman–Crippen LogP) is 4.72. The molecule has 27 heavy (non-hydrogen) atoms. The van der Waals surface area contributed by atoms with Gasteiger partial charge in [0.25, 0.3) is 0 Å². The Hall–Kier alpha value is -2.62. The number of nitrogens with one attached hydrogen (secondary N) is 1. The summed E-state index contributed by atoms with van der Waals surface area (Å²) in [5, 5.41) is 17.5. The quantitative estimate of drug-likeness (QED) is 0.526. The molecule has 3 rings (SSSR count). The summed E-state index contributed by atoms with van der Waals surface area (Å²) in [6.45, 7) is 2.93. The minimum absolute atomic E-state index is 0.642. The third-order valence-electron chi connectivity index (χ3n) is 5.67. The van der Waals surface area contributed by atoms with E-state index in [4.69, 9.17) is 5.41 Å². The number of amidine groups is 1. The van der Waals surface area contributed by atoms with Gasteiger partial charge in [0, 0.05) is 20.0 Å². The van der Waals surface area contributed by atoms with Crippen LogP contribution in [0.3, 0.4) is 0 Å². The monoisotopic (exact) mass is 364 g/mol. The van der Waals surface area contributed by atoms with Gasteiger partial charge in [0.2, 0.25) is 0 Å². The molecule has 0 aromatic heterocycles. The van der Waals surface area contributed by atoms with Gasteiger partial charge in [-0.05, 0) is 54.9 Å². The Morgan fingerprint density at radius 1 is 1.15 bits per heavy atom. The minimum atomic E-state index is -0.712. The molecule has 0 saturated heterocycles. The van der Waals surface area contributed by atoms with Crippen LogP contribution in [0, 0.1) is 5.41 Å². The first-order chi connectivity index (χ1) is 13.0. The van der Waals surface area contributed by atoms with Crippen LogP contribution in [0.25, 0.3) is 11.1 Å². The Balaban J connectivity index is 1.65. The number of rotatable bonds is 8. The number of benzene rings is 2. The lowest BCUT2D eigenvalue weighted by Gasteiger charge is -2.17. The fourth-order valence-electron chi connectivity index (χ4n) is 3.48. The number of carboxylic acids is 1. The topological polar surface area (TPSA) is 64.4 Å². The van der Waals surface area contributed by atoms with Crippen LogP contribution in [0.5, 0.6) is 0 Å². The summed E-state index contributed by atoms with van der Waals surface area (Å²) in [6.07, 6.45) is 4.18. The first kappa shape index (κ1) is 19.2. The first-order valence-corrected chi connectivity index (χ1v) is 9.68. The second-order valence-electron chi connectivity index (χ2n) is 7.48. The lowest BCUT2D eigenvalue weighted by atomic mass is 9.93. The number of nitrogens with zero attached hydrogens (tertiary/aromatic N) is 1. The zero-order valence-corrected chi connectivity index (χ0v) is 16.2. The summed E-state index contributed by atoms with van der Waals surface area (Å²) in [5.41, 5.74) is 3.80. The van der Waals surface area contributed by atoms with Crippen molar-refractivity contribution in [2.45, 2.75) is 44.4 Å². The van der Waals surface area contributed by atoms with Crippen molar-refractivity contribution >= 4 is 11.8 Å². The lowest BCUT2D eigenvalue weighted by molar-refractivity contribution is -0.140. The van der Waals surface area contributed by atoms with Gasteiger partial charge in [-0.3, -0.25) is 10.2 Å². The van der Waals surface area contributed by atoms with Gasteiger partial charge in [-0.15, -0.1) is 0 Å². The molecule has 0 amide bonds. The van der Waals surface area contributed by atoms with Crippen LogP contribution in [-0.4, -0.2) is 35.4 Å². The van der Waals surface area contributed by atoms with Gasteiger partial charge in [-0.1, -0.05) is 48.5 Å². The Kier molecular flexibility index (Phi) is 5.64. The van der Waals surface area contributed by atoms with E-state index in [1.54, 1.807) is 0 Å². The summed E-state index contributed by atoms with van der Waals surface area (Å²) in [5.74, 6) is -0.0202. The van der Waals surface area contributed by atoms with Crippen molar-refractivity contribution in [2.24, 2.45) is 0 Å². The van der Waals surface area contributed by atoms with E-state index < -0.39 is 11.4 Å². The second kappa shape index (κ2) is 7.95. The molecule has 2 aromatic rings. The summed E-state index contributed by atoms with van der Waals surface area (Å²) in [4.78, 5) is 13.4. The molecule has 1 fully saturated rings. The molecule has 1 saturated carbocycles. The minimum Gasteiger partial charge on any atom is -0.481 e. The van der Waals surface area contributed by atoms with Crippen LogP contribution in [0.15, 0.2) is 48.5 Å². The highest BCUT2D eigenvalue weighted by Gasteiger charge is 2.51. The number of hydrogen-bond donors (Lipinski definition) is 2. The SMILES string of the molecule is CCN(C)C(=N)CCCc1cccc(-c2ccc(C3(C(=O)O)CC3)cc2)c1. The fourth-order valence-corrected chi connectivity index (χ4v) is 3.48. The molecule has 4 nitrogen and oxygen atoms in total. The second-order valence-corrected chi connectivity index (χ2v) is 7.48. The number of aliphatic carboxylic acids is 1.